The molecule has 1 aliphatic heterocycles. The largest absolute Gasteiger partial charge is 0.367 e. The van der Waals surface area contributed by atoms with Gasteiger partial charge < -0.3 is 4.90 Å². The molecule has 2 rings (SSSR count). The Morgan fingerprint density at radius 3 is 2.83 bits per heavy atom. The number of hydrogen-bond acceptors (Lipinski definition) is 1. The molecule has 0 aromatic heterocycles. The molecule has 0 radical (unpaired) electrons. The molecule has 0 saturated carbocycles. The lowest BCUT2D eigenvalue weighted by Gasteiger charge is -2.33. The lowest BCUT2D eigenvalue weighted by molar-refractivity contribution is 0.555. The zero-order valence-electron chi connectivity index (χ0n) is 11.0. The lowest BCUT2D eigenvalue weighted by Crippen LogP contribution is -2.35. The van der Waals surface area contributed by atoms with Crippen molar-refractivity contribution in [3.63, 3.8) is 0 Å². The van der Waals surface area contributed by atoms with Gasteiger partial charge in [-0.3, -0.25) is 0 Å². The van der Waals surface area contributed by atoms with Gasteiger partial charge in [-0.2, -0.15) is 0 Å². The van der Waals surface area contributed by atoms with Gasteiger partial charge in [-0.25, -0.2) is 0 Å². The third-order valence-corrected chi connectivity index (χ3v) is 4.44. The van der Waals surface area contributed by atoms with E-state index in [4.69, 9.17) is 23.2 Å². The van der Waals surface area contributed by atoms with Crippen molar-refractivity contribution >= 4 is 28.9 Å². The van der Waals surface area contributed by atoms with E-state index in [1.165, 1.54) is 37.8 Å². The zero-order chi connectivity index (χ0) is 13.0. The first-order valence-corrected chi connectivity index (χ1v) is 7.79. The number of nitrogens with zero attached hydrogens (tertiary/aromatic N) is 1. The monoisotopic (exact) mass is 285 g/mol. The van der Waals surface area contributed by atoms with Crippen LogP contribution in [0, 0.1) is 0 Å². The predicted molar refractivity (Wildman–Crippen MR) is 80.9 cm³/mol. The highest BCUT2D eigenvalue weighted by Crippen LogP contribution is 2.35. The normalized spacial score (nSPS) is 20.8. The summed E-state index contributed by atoms with van der Waals surface area (Å²) in [5.41, 5.74) is 2.33. The van der Waals surface area contributed by atoms with Crippen molar-refractivity contribution in [1.29, 1.82) is 0 Å². The summed E-state index contributed by atoms with van der Waals surface area (Å²) >= 11 is 12.5. The van der Waals surface area contributed by atoms with E-state index in [0.717, 1.165) is 17.1 Å². The van der Waals surface area contributed by atoms with Crippen molar-refractivity contribution in [2.75, 3.05) is 11.4 Å². The average Bonchev–Trinajstić information content (AvgIpc) is 2.63. The highest BCUT2D eigenvalue weighted by atomic mass is 35.5. The van der Waals surface area contributed by atoms with Gasteiger partial charge in [0.2, 0.25) is 0 Å². The average molecular weight is 286 g/mol. The summed E-state index contributed by atoms with van der Waals surface area (Å²) in [7, 11) is 0. The van der Waals surface area contributed by atoms with Gasteiger partial charge in [0, 0.05) is 18.5 Å². The molecule has 1 aromatic rings. The van der Waals surface area contributed by atoms with Gasteiger partial charge in [0.05, 0.1) is 10.7 Å². The molecule has 0 bridgehead atoms. The topological polar surface area (TPSA) is 3.24 Å². The second-order valence-corrected chi connectivity index (χ2v) is 5.66. The fourth-order valence-corrected chi connectivity index (χ4v) is 3.40. The van der Waals surface area contributed by atoms with E-state index >= 15 is 0 Å². The third kappa shape index (κ3) is 2.95. The minimum Gasteiger partial charge on any atom is -0.367 e. The summed E-state index contributed by atoms with van der Waals surface area (Å²) in [6.45, 7) is 3.37. The van der Waals surface area contributed by atoms with Crippen LogP contribution < -0.4 is 4.90 Å². The summed E-state index contributed by atoms with van der Waals surface area (Å²) in [6, 6.07) is 6.66. The molecule has 1 fully saturated rings. The van der Waals surface area contributed by atoms with E-state index in [9.17, 15) is 0 Å². The summed E-state index contributed by atoms with van der Waals surface area (Å²) in [5, 5.41) is 0.841. The summed E-state index contributed by atoms with van der Waals surface area (Å²) < 4.78 is 0. The molecule has 1 nitrogen and oxygen atoms in total. The number of anilines is 1. The molecule has 3 heteroatoms. The number of benzene rings is 1. The van der Waals surface area contributed by atoms with Gasteiger partial charge in [-0.15, -0.1) is 11.6 Å². The van der Waals surface area contributed by atoms with Crippen LogP contribution in [0.1, 0.15) is 44.6 Å². The Balaban J connectivity index is 2.37. The maximum absolute atomic E-state index is 6.42. The number of halogens is 2. The van der Waals surface area contributed by atoms with Crippen LogP contribution in [0.5, 0.6) is 0 Å². The summed E-state index contributed by atoms with van der Waals surface area (Å²) in [5.74, 6) is 0.531. The first kappa shape index (κ1) is 14.0. The lowest BCUT2D eigenvalue weighted by atomic mass is 10.1. The van der Waals surface area contributed by atoms with E-state index in [-0.39, 0.29) is 0 Å². The zero-order valence-corrected chi connectivity index (χ0v) is 12.5. The van der Waals surface area contributed by atoms with E-state index < -0.39 is 0 Å². The quantitative estimate of drug-likeness (QED) is 0.687. The van der Waals surface area contributed by atoms with Crippen molar-refractivity contribution < 1.29 is 0 Å². The number of rotatable bonds is 3. The highest BCUT2D eigenvalue weighted by molar-refractivity contribution is 6.33. The first-order chi connectivity index (χ1) is 8.77. The molecular weight excluding hydrogens is 265 g/mol. The Morgan fingerprint density at radius 1 is 1.28 bits per heavy atom. The Kier molecular flexibility index (Phi) is 5.20. The Labute approximate surface area is 120 Å². The molecule has 1 heterocycles. The van der Waals surface area contributed by atoms with Crippen LogP contribution in [0.2, 0.25) is 5.02 Å². The van der Waals surface area contributed by atoms with Crippen LogP contribution in [-0.2, 0) is 5.88 Å². The maximum atomic E-state index is 6.42. The van der Waals surface area contributed by atoms with Crippen molar-refractivity contribution in [3.8, 4) is 0 Å². The van der Waals surface area contributed by atoms with Crippen LogP contribution in [0.4, 0.5) is 5.69 Å². The van der Waals surface area contributed by atoms with Crippen LogP contribution in [0.3, 0.4) is 0 Å². The molecule has 1 saturated heterocycles. The van der Waals surface area contributed by atoms with Crippen LogP contribution in [-0.4, -0.2) is 12.6 Å². The fraction of sp³-hybridized carbons (Fsp3) is 0.600. The van der Waals surface area contributed by atoms with Gasteiger partial charge in [0.25, 0.3) is 0 Å². The number of alkyl halides is 1. The fourth-order valence-electron chi connectivity index (χ4n) is 2.89. The molecule has 1 unspecified atom stereocenters. The SMILES string of the molecule is CCC1CCCCCN1c1c(Cl)cccc1CCl. The maximum Gasteiger partial charge on any atom is 0.0642 e. The van der Waals surface area contributed by atoms with Gasteiger partial charge in [-0.05, 0) is 30.9 Å². The minimum absolute atomic E-state index is 0.531. The molecule has 0 spiro atoms. The molecule has 1 aliphatic rings. The standard InChI is InChI=1S/C15H21Cl2N/c1-2-13-8-4-3-5-10-18(13)15-12(11-16)7-6-9-14(15)17/h6-7,9,13H,2-5,8,10-11H2,1H3. The van der Waals surface area contributed by atoms with Crippen molar-refractivity contribution in [2.45, 2.75) is 50.9 Å². The molecule has 0 amide bonds. The van der Waals surface area contributed by atoms with Gasteiger partial charge >= 0.3 is 0 Å². The molecule has 1 atom stereocenters. The van der Waals surface area contributed by atoms with Gasteiger partial charge in [-0.1, -0.05) is 43.5 Å². The third-order valence-electron chi connectivity index (χ3n) is 3.85. The van der Waals surface area contributed by atoms with Gasteiger partial charge in [0.1, 0.15) is 0 Å². The first-order valence-electron chi connectivity index (χ1n) is 6.88. The van der Waals surface area contributed by atoms with Crippen molar-refractivity contribution in [2.24, 2.45) is 0 Å². The molecule has 1 aromatic carbocycles. The molecule has 18 heavy (non-hydrogen) atoms. The molecule has 100 valence electrons. The molecule has 0 aliphatic carbocycles. The van der Waals surface area contributed by atoms with Crippen LogP contribution >= 0.6 is 23.2 Å². The highest BCUT2D eigenvalue weighted by Gasteiger charge is 2.23. The van der Waals surface area contributed by atoms with Crippen LogP contribution in [0.25, 0.3) is 0 Å². The van der Waals surface area contributed by atoms with E-state index in [1.807, 2.05) is 12.1 Å². The second kappa shape index (κ2) is 6.68. The Hall–Kier alpha value is -0.400. The second-order valence-electron chi connectivity index (χ2n) is 4.99. The van der Waals surface area contributed by atoms with Crippen molar-refractivity contribution in [3.05, 3.63) is 28.8 Å². The minimum atomic E-state index is 0.531. The Bertz CT molecular complexity index is 392. The molecule has 0 N–H and O–H groups in total. The smallest absolute Gasteiger partial charge is 0.0642 e. The van der Waals surface area contributed by atoms with Crippen molar-refractivity contribution in [1.82, 2.24) is 0 Å². The number of hydrogen-bond donors (Lipinski definition) is 0. The summed E-state index contributed by atoms with van der Waals surface area (Å²) in [6.07, 6.45) is 6.35. The number of para-hydroxylation sites is 1. The van der Waals surface area contributed by atoms with E-state index in [0.29, 0.717) is 11.9 Å². The van der Waals surface area contributed by atoms with E-state index in [2.05, 4.69) is 17.9 Å². The predicted octanol–water partition coefficient (Wildman–Crippen LogP) is 5.24. The Morgan fingerprint density at radius 2 is 2.11 bits per heavy atom. The van der Waals surface area contributed by atoms with Gasteiger partial charge in [0.15, 0.2) is 0 Å². The molecular formula is C15H21Cl2N. The van der Waals surface area contributed by atoms with Crippen LogP contribution in [0.15, 0.2) is 18.2 Å². The summed E-state index contributed by atoms with van der Waals surface area (Å²) in [4.78, 5) is 2.49. The van der Waals surface area contributed by atoms with E-state index in [1.54, 1.807) is 0 Å².